The largest absolute Gasteiger partial charge is 0.323 e. The van der Waals surface area contributed by atoms with Crippen molar-refractivity contribution in [1.82, 2.24) is 0 Å². The van der Waals surface area contributed by atoms with Crippen LogP contribution in [0.3, 0.4) is 0 Å². The average molecular weight is 248 g/mol. The van der Waals surface area contributed by atoms with E-state index in [9.17, 15) is 0 Å². The Morgan fingerprint density at radius 1 is 1.50 bits per heavy atom. The highest BCUT2D eigenvalue weighted by atomic mass is 79.9. The van der Waals surface area contributed by atoms with Gasteiger partial charge in [-0.1, -0.05) is 20.8 Å². The molecule has 0 aliphatic heterocycles. The monoisotopic (exact) mass is 247 g/mol. The van der Waals surface area contributed by atoms with Crippen LogP contribution in [0.4, 0.5) is 0 Å². The summed E-state index contributed by atoms with van der Waals surface area (Å²) in [5.41, 5.74) is 6.23. The Bertz CT molecular complexity index is 262. The summed E-state index contributed by atoms with van der Waals surface area (Å²) in [5.74, 6) is 0. The summed E-state index contributed by atoms with van der Waals surface area (Å²) in [4.78, 5) is 1.24. The van der Waals surface area contributed by atoms with Gasteiger partial charge in [-0.25, -0.2) is 0 Å². The lowest BCUT2D eigenvalue weighted by molar-refractivity contribution is 0.330. The lowest BCUT2D eigenvalue weighted by atomic mass is 9.87. The van der Waals surface area contributed by atoms with Crippen molar-refractivity contribution in [2.75, 3.05) is 0 Å². The Morgan fingerprint density at radius 3 is 2.42 bits per heavy atom. The second kappa shape index (κ2) is 3.48. The van der Waals surface area contributed by atoms with E-state index < -0.39 is 0 Å². The zero-order valence-electron chi connectivity index (χ0n) is 7.60. The summed E-state index contributed by atoms with van der Waals surface area (Å²) in [5, 5.41) is 2.06. The highest BCUT2D eigenvalue weighted by Gasteiger charge is 2.24. The van der Waals surface area contributed by atoms with Gasteiger partial charge in [-0.15, -0.1) is 11.3 Å². The standard InChI is InChI=1S/C9H14BrNS/c1-9(2,3)8(11)7-6(10)4-5-12-7/h4-5,8H,11H2,1-3H3. The van der Waals surface area contributed by atoms with Crippen LogP contribution in [0.1, 0.15) is 31.7 Å². The van der Waals surface area contributed by atoms with Crippen LogP contribution in [0.5, 0.6) is 0 Å². The lowest BCUT2D eigenvalue weighted by Crippen LogP contribution is -2.25. The van der Waals surface area contributed by atoms with Gasteiger partial charge >= 0.3 is 0 Å². The fraction of sp³-hybridized carbons (Fsp3) is 0.556. The van der Waals surface area contributed by atoms with Gasteiger partial charge in [-0.2, -0.15) is 0 Å². The topological polar surface area (TPSA) is 26.0 Å². The van der Waals surface area contributed by atoms with Crippen LogP contribution < -0.4 is 5.73 Å². The average Bonchev–Trinajstić information content (AvgIpc) is 2.31. The molecule has 1 unspecified atom stereocenters. The second-order valence-corrected chi connectivity index (χ2v) is 5.78. The van der Waals surface area contributed by atoms with E-state index in [0.717, 1.165) is 4.47 Å². The number of thiophene rings is 1. The van der Waals surface area contributed by atoms with E-state index >= 15 is 0 Å². The molecule has 1 nitrogen and oxygen atoms in total. The van der Waals surface area contributed by atoms with Crippen LogP contribution in [0.15, 0.2) is 15.9 Å². The molecule has 0 aliphatic rings. The van der Waals surface area contributed by atoms with E-state index in [1.54, 1.807) is 11.3 Å². The van der Waals surface area contributed by atoms with Crippen LogP contribution in [-0.4, -0.2) is 0 Å². The van der Waals surface area contributed by atoms with Gasteiger partial charge in [-0.05, 0) is 32.8 Å². The van der Waals surface area contributed by atoms with Crippen molar-refractivity contribution in [3.05, 3.63) is 20.8 Å². The Labute approximate surface area is 86.1 Å². The molecule has 0 radical (unpaired) electrons. The summed E-state index contributed by atoms with van der Waals surface area (Å²) < 4.78 is 1.13. The molecule has 0 saturated heterocycles. The molecule has 0 fully saturated rings. The van der Waals surface area contributed by atoms with Crippen molar-refractivity contribution in [3.8, 4) is 0 Å². The third-order valence-electron chi connectivity index (χ3n) is 1.86. The van der Waals surface area contributed by atoms with E-state index in [4.69, 9.17) is 5.73 Å². The first-order chi connectivity index (χ1) is 5.43. The Hall–Kier alpha value is 0.140. The van der Waals surface area contributed by atoms with Crippen LogP contribution >= 0.6 is 27.3 Å². The fourth-order valence-electron chi connectivity index (χ4n) is 0.921. The zero-order valence-corrected chi connectivity index (χ0v) is 10.00. The van der Waals surface area contributed by atoms with Gasteiger partial charge in [0.05, 0.1) is 0 Å². The molecule has 1 heterocycles. The smallest absolute Gasteiger partial charge is 0.0450 e. The van der Waals surface area contributed by atoms with Crippen LogP contribution in [-0.2, 0) is 0 Å². The van der Waals surface area contributed by atoms with Gasteiger partial charge in [0.1, 0.15) is 0 Å². The van der Waals surface area contributed by atoms with Gasteiger partial charge in [-0.3, -0.25) is 0 Å². The molecule has 0 saturated carbocycles. The first-order valence-electron chi connectivity index (χ1n) is 3.91. The normalized spacial score (nSPS) is 14.8. The summed E-state index contributed by atoms with van der Waals surface area (Å²) in [6.07, 6.45) is 0. The first-order valence-corrected chi connectivity index (χ1v) is 5.58. The van der Waals surface area contributed by atoms with Crippen molar-refractivity contribution < 1.29 is 0 Å². The van der Waals surface area contributed by atoms with E-state index in [1.807, 2.05) is 6.07 Å². The first kappa shape index (κ1) is 10.2. The molecule has 0 spiro atoms. The highest BCUT2D eigenvalue weighted by Crippen LogP contribution is 2.37. The molecule has 3 heteroatoms. The summed E-state index contributed by atoms with van der Waals surface area (Å²) in [6.45, 7) is 6.47. The Kier molecular flexibility index (Phi) is 2.97. The minimum atomic E-state index is 0.117. The number of halogens is 1. The van der Waals surface area contributed by atoms with Crippen LogP contribution in [0, 0.1) is 5.41 Å². The van der Waals surface area contributed by atoms with E-state index in [1.165, 1.54) is 4.88 Å². The summed E-state index contributed by atoms with van der Waals surface area (Å²) in [6, 6.07) is 2.16. The third kappa shape index (κ3) is 2.09. The number of hydrogen-bond acceptors (Lipinski definition) is 2. The maximum atomic E-state index is 6.10. The number of hydrogen-bond donors (Lipinski definition) is 1. The molecule has 0 bridgehead atoms. The molecular weight excluding hydrogens is 234 g/mol. The van der Waals surface area contributed by atoms with E-state index in [0.29, 0.717) is 0 Å². The Morgan fingerprint density at radius 2 is 2.08 bits per heavy atom. The van der Waals surface area contributed by atoms with Crippen molar-refractivity contribution in [1.29, 1.82) is 0 Å². The van der Waals surface area contributed by atoms with Gasteiger partial charge in [0.25, 0.3) is 0 Å². The molecule has 1 aromatic rings. The molecule has 68 valence electrons. The minimum absolute atomic E-state index is 0.117. The molecule has 1 aromatic heterocycles. The predicted molar refractivity (Wildman–Crippen MR) is 58.4 cm³/mol. The lowest BCUT2D eigenvalue weighted by Gasteiger charge is -2.26. The van der Waals surface area contributed by atoms with Crippen molar-refractivity contribution in [3.63, 3.8) is 0 Å². The van der Waals surface area contributed by atoms with Crippen LogP contribution in [0.25, 0.3) is 0 Å². The molecule has 12 heavy (non-hydrogen) atoms. The van der Waals surface area contributed by atoms with E-state index in [2.05, 4.69) is 42.1 Å². The molecule has 0 aliphatic carbocycles. The molecule has 1 atom stereocenters. The third-order valence-corrected chi connectivity index (χ3v) is 3.81. The van der Waals surface area contributed by atoms with Gasteiger partial charge < -0.3 is 5.73 Å². The maximum absolute atomic E-state index is 6.10. The van der Waals surface area contributed by atoms with E-state index in [-0.39, 0.29) is 11.5 Å². The Balaban J connectivity index is 2.92. The molecule has 0 amide bonds. The number of rotatable bonds is 1. The van der Waals surface area contributed by atoms with Gasteiger partial charge in [0, 0.05) is 15.4 Å². The quantitative estimate of drug-likeness (QED) is 0.808. The summed E-state index contributed by atoms with van der Waals surface area (Å²) in [7, 11) is 0. The predicted octanol–water partition coefficient (Wildman–Crippen LogP) is 3.56. The minimum Gasteiger partial charge on any atom is -0.323 e. The molecule has 1 rings (SSSR count). The van der Waals surface area contributed by atoms with Crippen molar-refractivity contribution >= 4 is 27.3 Å². The molecule has 2 N–H and O–H groups in total. The highest BCUT2D eigenvalue weighted by molar-refractivity contribution is 9.10. The maximum Gasteiger partial charge on any atom is 0.0450 e. The van der Waals surface area contributed by atoms with Crippen molar-refractivity contribution in [2.45, 2.75) is 26.8 Å². The molecular formula is C9H14BrNS. The van der Waals surface area contributed by atoms with Crippen molar-refractivity contribution in [2.24, 2.45) is 11.1 Å². The SMILES string of the molecule is CC(C)(C)C(N)c1sccc1Br. The number of nitrogens with two attached hydrogens (primary N) is 1. The zero-order chi connectivity index (χ0) is 9.35. The van der Waals surface area contributed by atoms with Gasteiger partial charge in [0.15, 0.2) is 0 Å². The van der Waals surface area contributed by atoms with Crippen LogP contribution in [0.2, 0.25) is 0 Å². The second-order valence-electron chi connectivity index (χ2n) is 3.98. The van der Waals surface area contributed by atoms with Gasteiger partial charge in [0.2, 0.25) is 0 Å². The summed E-state index contributed by atoms with van der Waals surface area (Å²) >= 11 is 5.20. The molecule has 0 aromatic carbocycles. The fourth-order valence-corrected chi connectivity index (χ4v) is 2.79.